The van der Waals surface area contributed by atoms with Gasteiger partial charge in [0.15, 0.2) is 0 Å². The van der Waals surface area contributed by atoms with E-state index in [0.29, 0.717) is 18.5 Å². The lowest BCUT2D eigenvalue weighted by atomic mass is 9.97. The molecular weight excluding hydrogens is 292 g/mol. The Bertz CT molecular complexity index is 516. The van der Waals surface area contributed by atoms with Crippen LogP contribution < -0.4 is 10.6 Å². The van der Waals surface area contributed by atoms with Gasteiger partial charge in [0.1, 0.15) is 10.8 Å². The molecule has 1 saturated heterocycles. The molecule has 2 N–H and O–H groups in total. The Morgan fingerprint density at radius 3 is 2.60 bits per heavy atom. The molecule has 0 radical (unpaired) electrons. The van der Waals surface area contributed by atoms with Gasteiger partial charge in [-0.25, -0.2) is 4.39 Å². The number of hydrogen-bond donors (Lipinski definition) is 1. The fraction of sp³-hybridized carbons (Fsp3) is 0.462. The number of nitrogens with two attached hydrogens (primary N) is 1. The summed E-state index contributed by atoms with van der Waals surface area (Å²) in [7, 11) is 0. The third kappa shape index (κ3) is 3.20. The number of alkyl halides is 3. The first-order valence-electron chi connectivity index (χ1n) is 6.20. The standard InChI is InChI=1S/C13H14F4N2S/c14-10-6-8(12(18)20)3-4-11(10)19-5-1-2-9(7-19)13(15,16)17/h3-4,6,9H,1-2,5,7H2,(H2,18,20). The molecule has 1 unspecified atom stereocenters. The van der Waals surface area contributed by atoms with Crippen molar-refractivity contribution in [1.29, 1.82) is 0 Å². The Balaban J connectivity index is 2.21. The highest BCUT2D eigenvalue weighted by Gasteiger charge is 2.42. The Labute approximate surface area is 119 Å². The summed E-state index contributed by atoms with van der Waals surface area (Å²) in [5.41, 5.74) is 5.92. The summed E-state index contributed by atoms with van der Waals surface area (Å²) < 4.78 is 52.2. The molecule has 1 aliphatic heterocycles. The second-order valence-corrected chi connectivity index (χ2v) is 5.30. The van der Waals surface area contributed by atoms with Gasteiger partial charge in [-0.05, 0) is 31.0 Å². The summed E-state index contributed by atoms with van der Waals surface area (Å²) in [5, 5.41) is 0. The van der Waals surface area contributed by atoms with E-state index in [2.05, 4.69) is 0 Å². The van der Waals surface area contributed by atoms with Crippen molar-refractivity contribution in [2.75, 3.05) is 18.0 Å². The summed E-state index contributed by atoms with van der Waals surface area (Å²) in [6.45, 7) is 0.197. The van der Waals surface area contributed by atoms with Gasteiger partial charge in [-0.2, -0.15) is 13.2 Å². The molecule has 7 heteroatoms. The number of anilines is 1. The number of benzene rings is 1. The van der Waals surface area contributed by atoms with Crippen LogP contribution in [0, 0.1) is 11.7 Å². The van der Waals surface area contributed by atoms with Crippen LogP contribution in [0.15, 0.2) is 18.2 Å². The van der Waals surface area contributed by atoms with Crippen LogP contribution in [0.5, 0.6) is 0 Å². The van der Waals surface area contributed by atoms with Gasteiger partial charge in [0.2, 0.25) is 0 Å². The second kappa shape index (κ2) is 5.55. The van der Waals surface area contributed by atoms with Gasteiger partial charge >= 0.3 is 6.18 Å². The number of piperidine rings is 1. The molecule has 0 saturated carbocycles. The van der Waals surface area contributed by atoms with Crippen LogP contribution in [0.1, 0.15) is 18.4 Å². The second-order valence-electron chi connectivity index (χ2n) is 4.86. The van der Waals surface area contributed by atoms with Crippen LogP contribution in [0.2, 0.25) is 0 Å². The van der Waals surface area contributed by atoms with Crippen LogP contribution in [-0.2, 0) is 0 Å². The maximum absolute atomic E-state index is 14.0. The summed E-state index contributed by atoms with van der Waals surface area (Å²) in [6.07, 6.45) is -3.76. The van der Waals surface area contributed by atoms with Crippen LogP contribution in [0.3, 0.4) is 0 Å². The summed E-state index contributed by atoms with van der Waals surface area (Å²) in [6, 6.07) is 4.12. The predicted molar refractivity (Wildman–Crippen MR) is 73.3 cm³/mol. The van der Waals surface area contributed by atoms with Gasteiger partial charge in [0.25, 0.3) is 0 Å². The molecule has 1 aromatic carbocycles. The van der Waals surface area contributed by atoms with E-state index >= 15 is 0 Å². The minimum absolute atomic E-state index is 0.0577. The van der Waals surface area contributed by atoms with E-state index in [1.54, 1.807) is 0 Å². The average molecular weight is 306 g/mol. The lowest BCUT2D eigenvalue weighted by molar-refractivity contribution is -0.176. The molecule has 2 nitrogen and oxygen atoms in total. The molecule has 1 aliphatic rings. The first kappa shape index (κ1) is 15.0. The van der Waals surface area contributed by atoms with Gasteiger partial charge in [-0.1, -0.05) is 12.2 Å². The number of halogens is 4. The monoisotopic (exact) mass is 306 g/mol. The highest BCUT2D eigenvalue weighted by atomic mass is 32.1. The van der Waals surface area contributed by atoms with E-state index in [1.807, 2.05) is 0 Å². The van der Waals surface area contributed by atoms with Crippen molar-refractivity contribution in [2.45, 2.75) is 19.0 Å². The van der Waals surface area contributed by atoms with Crippen molar-refractivity contribution in [2.24, 2.45) is 11.7 Å². The fourth-order valence-corrected chi connectivity index (χ4v) is 2.51. The van der Waals surface area contributed by atoms with E-state index in [-0.39, 0.29) is 23.6 Å². The van der Waals surface area contributed by atoms with E-state index in [9.17, 15) is 17.6 Å². The molecule has 2 rings (SSSR count). The predicted octanol–water partition coefficient (Wildman–Crippen LogP) is 3.24. The zero-order valence-corrected chi connectivity index (χ0v) is 11.4. The van der Waals surface area contributed by atoms with Gasteiger partial charge in [0.05, 0.1) is 11.6 Å². The zero-order valence-electron chi connectivity index (χ0n) is 10.6. The number of nitrogens with zero attached hydrogens (tertiary/aromatic N) is 1. The van der Waals surface area contributed by atoms with E-state index < -0.39 is 17.9 Å². The van der Waals surface area contributed by atoms with Crippen LogP contribution in [0.25, 0.3) is 0 Å². The molecule has 0 bridgehead atoms. The molecule has 110 valence electrons. The summed E-state index contributed by atoms with van der Waals surface area (Å²) in [5.74, 6) is -2.01. The van der Waals surface area contributed by atoms with Crippen LogP contribution in [0.4, 0.5) is 23.2 Å². The SMILES string of the molecule is NC(=S)c1ccc(N2CCCC(C(F)(F)F)C2)c(F)c1. The van der Waals surface area contributed by atoms with Crippen LogP contribution >= 0.6 is 12.2 Å². The normalized spacial score (nSPS) is 20.0. The third-order valence-electron chi connectivity index (χ3n) is 3.46. The Morgan fingerprint density at radius 2 is 2.05 bits per heavy atom. The molecule has 0 spiro atoms. The molecule has 20 heavy (non-hydrogen) atoms. The number of hydrogen-bond acceptors (Lipinski definition) is 2. The van der Waals surface area contributed by atoms with E-state index in [1.165, 1.54) is 17.0 Å². The highest BCUT2D eigenvalue weighted by Crippen LogP contribution is 2.35. The van der Waals surface area contributed by atoms with Crippen molar-refractivity contribution in [1.82, 2.24) is 0 Å². The van der Waals surface area contributed by atoms with E-state index in [0.717, 1.165) is 6.07 Å². The van der Waals surface area contributed by atoms with Gasteiger partial charge in [0, 0.05) is 18.7 Å². The maximum Gasteiger partial charge on any atom is 0.393 e. The molecule has 1 fully saturated rings. The molecule has 1 atom stereocenters. The Kier molecular flexibility index (Phi) is 4.17. The molecule has 1 aromatic rings. The lowest BCUT2D eigenvalue weighted by Gasteiger charge is -2.35. The number of rotatable bonds is 2. The van der Waals surface area contributed by atoms with Crippen molar-refractivity contribution < 1.29 is 17.6 Å². The van der Waals surface area contributed by atoms with Crippen molar-refractivity contribution >= 4 is 22.9 Å². The molecule has 0 amide bonds. The topological polar surface area (TPSA) is 29.3 Å². The molecule has 0 aliphatic carbocycles. The Hall–Kier alpha value is -1.37. The first-order valence-corrected chi connectivity index (χ1v) is 6.61. The minimum atomic E-state index is -4.24. The fourth-order valence-electron chi connectivity index (χ4n) is 2.38. The minimum Gasteiger partial charge on any atom is -0.389 e. The molecule has 1 heterocycles. The summed E-state index contributed by atoms with van der Waals surface area (Å²) in [4.78, 5) is 1.49. The van der Waals surface area contributed by atoms with Crippen LogP contribution in [-0.4, -0.2) is 24.3 Å². The van der Waals surface area contributed by atoms with Crippen molar-refractivity contribution in [3.05, 3.63) is 29.6 Å². The van der Waals surface area contributed by atoms with Crippen molar-refractivity contribution in [3.8, 4) is 0 Å². The number of thiocarbonyl (C=S) groups is 1. The Morgan fingerprint density at radius 1 is 1.35 bits per heavy atom. The third-order valence-corrected chi connectivity index (χ3v) is 3.69. The quantitative estimate of drug-likeness (QED) is 0.672. The largest absolute Gasteiger partial charge is 0.393 e. The van der Waals surface area contributed by atoms with Gasteiger partial charge in [-0.3, -0.25) is 0 Å². The maximum atomic E-state index is 14.0. The van der Waals surface area contributed by atoms with E-state index in [4.69, 9.17) is 18.0 Å². The van der Waals surface area contributed by atoms with Gasteiger partial charge < -0.3 is 10.6 Å². The van der Waals surface area contributed by atoms with Crippen molar-refractivity contribution in [3.63, 3.8) is 0 Å². The van der Waals surface area contributed by atoms with Gasteiger partial charge in [-0.15, -0.1) is 0 Å². The smallest absolute Gasteiger partial charge is 0.389 e. The summed E-state index contributed by atoms with van der Waals surface area (Å²) >= 11 is 4.74. The molecular formula is C13H14F4N2S. The average Bonchev–Trinajstić information content (AvgIpc) is 2.37. The zero-order chi connectivity index (χ0) is 14.9. The lowest BCUT2D eigenvalue weighted by Crippen LogP contribution is -2.42. The first-order chi connectivity index (χ1) is 9.29. The molecule has 0 aromatic heterocycles. The highest BCUT2D eigenvalue weighted by molar-refractivity contribution is 7.80.